The number of esters is 1. The maximum Gasteiger partial charge on any atom is 0.342 e. The third-order valence-electron chi connectivity index (χ3n) is 3.70. The molecule has 3 N–H and O–H groups in total. The van der Waals surface area contributed by atoms with Crippen LogP contribution in [-0.2, 0) is 14.3 Å². The maximum absolute atomic E-state index is 12.0. The predicted octanol–water partition coefficient (Wildman–Crippen LogP) is 2.57. The highest BCUT2D eigenvalue weighted by Crippen LogP contribution is 2.22. The van der Waals surface area contributed by atoms with E-state index >= 15 is 0 Å². The number of aromatic hydroxyl groups is 1. The van der Waals surface area contributed by atoms with Crippen molar-refractivity contribution in [1.29, 1.82) is 0 Å². The minimum Gasteiger partial charge on any atom is -0.507 e. The highest BCUT2D eigenvalue weighted by atomic mass is 35.5. The monoisotopic (exact) mass is 390 g/mol. The molecule has 27 heavy (non-hydrogen) atoms. The standard InChI is InChI=1S/C19H19ClN2O5/c1-11-4-3-5-12(2)18(11)22-16(24)9-21-17(25)10-27-19(26)14-8-13(20)6-7-15(14)23/h3-8,23H,9-10H2,1-2H3,(H,21,25)(H,22,24). The zero-order chi connectivity index (χ0) is 20.0. The summed E-state index contributed by atoms with van der Waals surface area (Å²) in [6, 6.07) is 9.51. The highest BCUT2D eigenvalue weighted by molar-refractivity contribution is 6.31. The summed E-state index contributed by atoms with van der Waals surface area (Å²) in [4.78, 5) is 35.6. The summed E-state index contributed by atoms with van der Waals surface area (Å²) in [6.07, 6.45) is 0. The van der Waals surface area contributed by atoms with Crippen LogP contribution in [0.15, 0.2) is 36.4 Å². The summed E-state index contributed by atoms with van der Waals surface area (Å²) in [6.45, 7) is 2.87. The van der Waals surface area contributed by atoms with Gasteiger partial charge in [0, 0.05) is 10.7 Å². The first kappa shape index (κ1) is 20.3. The zero-order valence-corrected chi connectivity index (χ0v) is 15.6. The van der Waals surface area contributed by atoms with Crippen molar-refractivity contribution in [2.45, 2.75) is 13.8 Å². The second-order valence-electron chi connectivity index (χ2n) is 5.83. The Morgan fingerprint density at radius 3 is 2.41 bits per heavy atom. The number of rotatable bonds is 6. The van der Waals surface area contributed by atoms with Crippen LogP contribution >= 0.6 is 11.6 Å². The van der Waals surface area contributed by atoms with Gasteiger partial charge in [-0.2, -0.15) is 0 Å². The first-order valence-electron chi connectivity index (χ1n) is 8.06. The Kier molecular flexibility index (Phi) is 6.79. The van der Waals surface area contributed by atoms with Crippen LogP contribution in [0.1, 0.15) is 21.5 Å². The summed E-state index contributed by atoms with van der Waals surface area (Å²) in [5, 5.41) is 14.9. The Hall–Kier alpha value is -3.06. The number of halogens is 1. The van der Waals surface area contributed by atoms with Gasteiger partial charge in [-0.05, 0) is 43.2 Å². The number of nitrogens with one attached hydrogen (secondary N) is 2. The van der Waals surface area contributed by atoms with Gasteiger partial charge in [0.1, 0.15) is 11.3 Å². The van der Waals surface area contributed by atoms with Gasteiger partial charge >= 0.3 is 5.97 Å². The van der Waals surface area contributed by atoms with E-state index in [0.717, 1.165) is 11.1 Å². The van der Waals surface area contributed by atoms with Crippen molar-refractivity contribution in [3.63, 3.8) is 0 Å². The summed E-state index contributed by atoms with van der Waals surface area (Å²) in [5.41, 5.74) is 2.36. The number of phenols is 1. The third-order valence-corrected chi connectivity index (χ3v) is 3.94. The second-order valence-corrected chi connectivity index (χ2v) is 6.27. The number of carbonyl (C=O) groups is 3. The van der Waals surface area contributed by atoms with Crippen LogP contribution in [0.25, 0.3) is 0 Å². The zero-order valence-electron chi connectivity index (χ0n) is 14.8. The van der Waals surface area contributed by atoms with Crippen LogP contribution in [0.5, 0.6) is 5.75 Å². The summed E-state index contributed by atoms with van der Waals surface area (Å²) < 4.78 is 4.81. The molecule has 0 aromatic heterocycles. The lowest BCUT2D eigenvalue weighted by atomic mass is 10.1. The van der Waals surface area contributed by atoms with Crippen molar-refractivity contribution in [1.82, 2.24) is 5.32 Å². The van der Waals surface area contributed by atoms with Gasteiger partial charge in [0.15, 0.2) is 6.61 Å². The summed E-state index contributed by atoms with van der Waals surface area (Å²) in [7, 11) is 0. The van der Waals surface area contributed by atoms with Crippen molar-refractivity contribution in [2.75, 3.05) is 18.5 Å². The molecule has 0 aliphatic carbocycles. The highest BCUT2D eigenvalue weighted by Gasteiger charge is 2.15. The summed E-state index contributed by atoms with van der Waals surface area (Å²) in [5.74, 6) is -2.26. The van der Waals surface area contributed by atoms with E-state index in [9.17, 15) is 19.5 Å². The topological polar surface area (TPSA) is 105 Å². The van der Waals surface area contributed by atoms with Crippen LogP contribution in [0.4, 0.5) is 5.69 Å². The third kappa shape index (κ3) is 5.72. The minimum atomic E-state index is -0.898. The lowest BCUT2D eigenvalue weighted by Gasteiger charge is -2.12. The number of para-hydroxylation sites is 1. The van der Waals surface area contributed by atoms with E-state index in [-0.39, 0.29) is 22.9 Å². The Bertz CT molecular complexity index is 862. The molecule has 0 saturated heterocycles. The quantitative estimate of drug-likeness (QED) is 0.657. The van der Waals surface area contributed by atoms with Crippen molar-refractivity contribution >= 4 is 35.1 Å². The van der Waals surface area contributed by atoms with Gasteiger partial charge in [0.05, 0.1) is 6.54 Å². The lowest BCUT2D eigenvalue weighted by Crippen LogP contribution is -2.35. The van der Waals surface area contributed by atoms with Gasteiger partial charge in [-0.3, -0.25) is 9.59 Å². The molecule has 0 aliphatic heterocycles. The average Bonchev–Trinajstić information content (AvgIpc) is 2.63. The number of phenolic OH excluding ortho intramolecular Hbond substituents is 1. The molecule has 0 aliphatic rings. The Labute approximate surface area is 161 Å². The Balaban J connectivity index is 1.81. The van der Waals surface area contributed by atoms with Gasteiger partial charge in [-0.15, -0.1) is 0 Å². The number of hydrogen-bond acceptors (Lipinski definition) is 5. The smallest absolute Gasteiger partial charge is 0.342 e. The fraction of sp³-hybridized carbons (Fsp3) is 0.211. The van der Waals surface area contributed by atoms with E-state index in [2.05, 4.69) is 10.6 Å². The molecule has 0 heterocycles. The fourth-order valence-corrected chi connectivity index (χ4v) is 2.48. The molecular weight excluding hydrogens is 372 g/mol. The van der Waals surface area contributed by atoms with Crippen LogP contribution in [0.3, 0.4) is 0 Å². The Morgan fingerprint density at radius 1 is 1.07 bits per heavy atom. The molecule has 2 rings (SSSR count). The second kappa shape index (κ2) is 9.05. The van der Waals surface area contributed by atoms with Crippen molar-refractivity contribution in [3.8, 4) is 5.75 Å². The molecule has 0 bridgehead atoms. The molecule has 142 valence electrons. The maximum atomic E-state index is 12.0. The van der Waals surface area contributed by atoms with Gasteiger partial charge in [-0.1, -0.05) is 29.8 Å². The lowest BCUT2D eigenvalue weighted by molar-refractivity contribution is -0.126. The molecular formula is C19H19ClN2O5. The van der Waals surface area contributed by atoms with Crippen LogP contribution < -0.4 is 10.6 Å². The van der Waals surface area contributed by atoms with Crippen molar-refractivity contribution in [3.05, 3.63) is 58.1 Å². The van der Waals surface area contributed by atoms with Crippen LogP contribution in [0, 0.1) is 13.8 Å². The van der Waals surface area contributed by atoms with E-state index < -0.39 is 24.4 Å². The van der Waals surface area contributed by atoms with Gasteiger partial charge in [0.2, 0.25) is 5.91 Å². The number of aryl methyl sites for hydroxylation is 2. The van der Waals surface area contributed by atoms with Crippen LogP contribution in [-0.4, -0.2) is 36.0 Å². The van der Waals surface area contributed by atoms with Crippen molar-refractivity contribution < 1.29 is 24.2 Å². The number of anilines is 1. The number of benzene rings is 2. The molecule has 7 nitrogen and oxygen atoms in total. The fourth-order valence-electron chi connectivity index (χ4n) is 2.31. The molecule has 2 aromatic rings. The molecule has 2 aromatic carbocycles. The van der Waals surface area contributed by atoms with Gasteiger partial charge < -0.3 is 20.5 Å². The molecule has 8 heteroatoms. The van der Waals surface area contributed by atoms with E-state index in [0.29, 0.717) is 5.69 Å². The van der Waals surface area contributed by atoms with Gasteiger partial charge in [-0.25, -0.2) is 4.79 Å². The van der Waals surface area contributed by atoms with Crippen molar-refractivity contribution in [2.24, 2.45) is 0 Å². The SMILES string of the molecule is Cc1cccc(C)c1NC(=O)CNC(=O)COC(=O)c1cc(Cl)ccc1O. The number of carbonyl (C=O) groups excluding carboxylic acids is 3. The van der Waals surface area contributed by atoms with E-state index in [4.69, 9.17) is 16.3 Å². The normalized spacial score (nSPS) is 10.2. The first-order chi connectivity index (χ1) is 12.8. The van der Waals surface area contributed by atoms with E-state index in [1.807, 2.05) is 32.0 Å². The van der Waals surface area contributed by atoms with Crippen LogP contribution in [0.2, 0.25) is 5.02 Å². The molecule has 0 fully saturated rings. The largest absolute Gasteiger partial charge is 0.507 e. The summed E-state index contributed by atoms with van der Waals surface area (Å²) >= 11 is 5.75. The molecule has 0 saturated carbocycles. The molecule has 2 amide bonds. The average molecular weight is 391 g/mol. The number of ether oxygens (including phenoxy) is 1. The van der Waals surface area contributed by atoms with Gasteiger partial charge in [0.25, 0.3) is 5.91 Å². The Morgan fingerprint density at radius 2 is 1.74 bits per heavy atom. The number of amides is 2. The molecule has 0 unspecified atom stereocenters. The minimum absolute atomic E-state index is 0.150. The van der Waals surface area contributed by atoms with E-state index in [1.54, 1.807) is 0 Å². The predicted molar refractivity (Wildman–Crippen MR) is 101 cm³/mol. The first-order valence-corrected chi connectivity index (χ1v) is 8.44. The molecule has 0 atom stereocenters. The molecule has 0 radical (unpaired) electrons. The molecule has 0 spiro atoms. The van der Waals surface area contributed by atoms with E-state index in [1.165, 1.54) is 18.2 Å². The number of hydrogen-bond donors (Lipinski definition) is 3.